The van der Waals surface area contributed by atoms with Crippen LogP contribution in [0.5, 0.6) is 5.75 Å². The second-order valence-corrected chi connectivity index (χ2v) is 21.3. The summed E-state index contributed by atoms with van der Waals surface area (Å²) >= 11 is 1.44. The van der Waals surface area contributed by atoms with Crippen molar-refractivity contribution >= 4 is 72.8 Å². The highest BCUT2D eigenvalue weighted by molar-refractivity contribution is 7.22. The highest BCUT2D eigenvalue weighted by atomic mass is 32.1. The van der Waals surface area contributed by atoms with Crippen LogP contribution >= 0.6 is 11.3 Å². The van der Waals surface area contributed by atoms with Crippen molar-refractivity contribution in [2.24, 2.45) is 13.0 Å². The highest BCUT2D eigenvalue weighted by Gasteiger charge is 2.34. The molecule has 15 nitrogen and oxygen atoms in total. The molecule has 2 saturated heterocycles. The fourth-order valence-electron chi connectivity index (χ4n) is 11.7. The van der Waals surface area contributed by atoms with Crippen molar-refractivity contribution in [1.82, 2.24) is 30.0 Å². The minimum Gasteiger partial charge on any atom is -0.490 e. The number of fused-ring (bicyclic) bond motifs is 3. The van der Waals surface area contributed by atoms with E-state index in [1.54, 1.807) is 0 Å². The third-order valence-corrected chi connectivity index (χ3v) is 16.8. The number of imide groups is 1. The van der Waals surface area contributed by atoms with Gasteiger partial charge in [0.1, 0.15) is 11.6 Å². The lowest BCUT2D eigenvalue weighted by Gasteiger charge is -2.40. The molecule has 7 aromatic rings. The van der Waals surface area contributed by atoms with Crippen molar-refractivity contribution in [2.45, 2.75) is 96.2 Å². The van der Waals surface area contributed by atoms with Gasteiger partial charge in [-0.3, -0.25) is 34.6 Å². The van der Waals surface area contributed by atoms with Gasteiger partial charge in [0.15, 0.2) is 10.8 Å². The van der Waals surface area contributed by atoms with Crippen LogP contribution in [0.15, 0.2) is 91.0 Å². The van der Waals surface area contributed by atoms with Crippen LogP contribution in [0.3, 0.4) is 0 Å². The van der Waals surface area contributed by atoms with Gasteiger partial charge in [0.05, 0.1) is 39.1 Å². The average molecular weight is 1000 g/mol. The number of aromatic carboxylic acids is 1. The SMILES string of the molecule is Cc1c(OC2CCC(CC[C@H](C)N3CCN(c4cccc5c([C@@H]6CCC(=O)NC6=O)nn(C)c45)CC3)CC2)cccc1-c1ccc(N2CCc3cccc(C(=O)Nc4nc5ccccc5s4)c3C2)nc1C(=O)O. The highest BCUT2D eigenvalue weighted by Crippen LogP contribution is 2.39. The van der Waals surface area contributed by atoms with Crippen molar-refractivity contribution in [3.8, 4) is 16.9 Å². The normalized spacial score (nSPS) is 20.0. The molecule has 6 heterocycles. The number of benzene rings is 4. The van der Waals surface area contributed by atoms with Crippen LogP contribution in [0.4, 0.5) is 16.6 Å². The van der Waals surface area contributed by atoms with Crippen molar-refractivity contribution in [3.63, 3.8) is 0 Å². The van der Waals surface area contributed by atoms with Crippen molar-refractivity contribution in [2.75, 3.05) is 47.8 Å². The minimum atomic E-state index is -1.10. The van der Waals surface area contributed by atoms with E-state index in [-0.39, 0.29) is 29.5 Å². The maximum Gasteiger partial charge on any atom is 0.355 e. The van der Waals surface area contributed by atoms with E-state index in [1.165, 1.54) is 17.8 Å². The summed E-state index contributed by atoms with van der Waals surface area (Å²) in [4.78, 5) is 67.7. The van der Waals surface area contributed by atoms with E-state index in [9.17, 15) is 24.3 Å². The zero-order valence-electron chi connectivity index (χ0n) is 41.6. The van der Waals surface area contributed by atoms with Crippen LogP contribution in [-0.2, 0) is 29.6 Å². The van der Waals surface area contributed by atoms with Gasteiger partial charge in [-0.15, -0.1) is 0 Å². The summed E-state index contributed by atoms with van der Waals surface area (Å²) < 4.78 is 9.61. The number of hydrogen-bond acceptors (Lipinski definition) is 12. The number of carbonyl (C=O) groups is 4. The number of aryl methyl sites for hydroxylation is 1. The Morgan fingerprint density at radius 3 is 2.44 bits per heavy atom. The van der Waals surface area contributed by atoms with Crippen LogP contribution in [0.2, 0.25) is 0 Å². The largest absolute Gasteiger partial charge is 0.490 e. The van der Waals surface area contributed by atoms with E-state index in [0.29, 0.717) is 66.4 Å². The molecule has 1 aliphatic carbocycles. The van der Waals surface area contributed by atoms with Gasteiger partial charge in [-0.25, -0.2) is 14.8 Å². The molecule has 0 bridgehead atoms. The Bertz CT molecular complexity index is 3230. The van der Waals surface area contributed by atoms with Gasteiger partial charge < -0.3 is 19.6 Å². The van der Waals surface area contributed by atoms with E-state index in [1.807, 2.05) is 102 Å². The van der Waals surface area contributed by atoms with Crippen LogP contribution in [0.25, 0.3) is 32.2 Å². The van der Waals surface area contributed by atoms with Crippen LogP contribution in [0, 0.1) is 12.8 Å². The summed E-state index contributed by atoms with van der Waals surface area (Å²) in [5.41, 5.74) is 8.49. The number of carboxylic acid groups (broad SMARTS) is 1. The third-order valence-electron chi connectivity index (χ3n) is 15.8. The van der Waals surface area contributed by atoms with Crippen LogP contribution < -0.4 is 25.2 Å². The maximum absolute atomic E-state index is 13.7. The molecule has 3 aliphatic heterocycles. The minimum absolute atomic E-state index is 0.0218. The molecule has 376 valence electrons. The Kier molecular flexibility index (Phi) is 13.4. The first-order valence-corrected chi connectivity index (χ1v) is 26.6. The quantitative estimate of drug-likeness (QED) is 0.0935. The zero-order valence-corrected chi connectivity index (χ0v) is 42.4. The summed E-state index contributed by atoms with van der Waals surface area (Å²) in [5, 5.41) is 22.4. The second kappa shape index (κ2) is 20.4. The Morgan fingerprint density at radius 2 is 1.64 bits per heavy atom. The van der Waals surface area contributed by atoms with Crippen molar-refractivity contribution in [3.05, 3.63) is 125 Å². The van der Waals surface area contributed by atoms with Crippen LogP contribution in [-0.4, -0.2) is 98.3 Å². The van der Waals surface area contributed by atoms with E-state index < -0.39 is 11.9 Å². The summed E-state index contributed by atoms with van der Waals surface area (Å²) in [7, 11) is 1.94. The number of ether oxygens (including phenoxy) is 1. The molecule has 2 atom stereocenters. The number of carboxylic acids is 1. The van der Waals surface area contributed by atoms with E-state index >= 15 is 0 Å². The molecule has 0 spiro atoms. The molecule has 3 amide bonds. The number of aromatic nitrogens is 4. The van der Waals surface area contributed by atoms with Crippen molar-refractivity contribution in [1.29, 1.82) is 0 Å². The second-order valence-electron chi connectivity index (χ2n) is 20.3. The molecule has 73 heavy (non-hydrogen) atoms. The molecule has 11 rings (SSSR count). The fourth-order valence-corrected chi connectivity index (χ4v) is 12.6. The monoisotopic (exact) mass is 999 g/mol. The first-order chi connectivity index (χ1) is 35.4. The number of rotatable bonds is 13. The Hall–Kier alpha value is -7.17. The number of para-hydroxylation sites is 2. The average Bonchev–Trinajstić information content (AvgIpc) is 3.98. The number of anilines is 3. The molecule has 4 aromatic carbocycles. The fraction of sp³-hybridized carbons (Fsp3) is 0.386. The lowest BCUT2D eigenvalue weighted by atomic mass is 9.83. The summed E-state index contributed by atoms with van der Waals surface area (Å²) in [6.45, 7) is 9.19. The van der Waals surface area contributed by atoms with Gasteiger partial charge in [0.25, 0.3) is 5.91 Å². The maximum atomic E-state index is 13.7. The molecular weight excluding hydrogens is 939 g/mol. The first-order valence-electron chi connectivity index (χ1n) is 25.8. The smallest absolute Gasteiger partial charge is 0.355 e. The molecule has 3 N–H and O–H groups in total. The third kappa shape index (κ3) is 9.77. The van der Waals surface area contributed by atoms with E-state index in [0.717, 1.165) is 119 Å². The Morgan fingerprint density at radius 1 is 0.849 bits per heavy atom. The molecule has 3 aromatic heterocycles. The molecule has 0 unspecified atom stereocenters. The number of amides is 3. The van der Waals surface area contributed by atoms with Crippen LogP contribution in [0.1, 0.15) is 107 Å². The van der Waals surface area contributed by atoms with Crippen molar-refractivity contribution < 1.29 is 29.0 Å². The number of thiazole rings is 1. The van der Waals surface area contributed by atoms with Gasteiger partial charge in [-0.2, -0.15) is 5.10 Å². The lowest BCUT2D eigenvalue weighted by molar-refractivity contribution is -0.134. The molecule has 0 radical (unpaired) electrons. The van der Waals surface area contributed by atoms with Gasteiger partial charge in [-0.1, -0.05) is 59.9 Å². The number of hydrogen-bond donors (Lipinski definition) is 3. The molecule has 16 heteroatoms. The predicted molar refractivity (Wildman–Crippen MR) is 285 cm³/mol. The first kappa shape index (κ1) is 48.1. The number of carbonyl (C=O) groups excluding carboxylic acids is 3. The van der Waals surface area contributed by atoms with E-state index in [4.69, 9.17) is 14.8 Å². The molecule has 1 saturated carbocycles. The summed E-state index contributed by atoms with van der Waals surface area (Å²) in [6, 6.07) is 29.9. The van der Waals surface area contributed by atoms with E-state index in [2.05, 4.69) is 44.5 Å². The topological polar surface area (TPSA) is 175 Å². The van der Waals surface area contributed by atoms with Gasteiger partial charge in [0, 0.05) is 75.3 Å². The van der Waals surface area contributed by atoms with Gasteiger partial charge >= 0.3 is 5.97 Å². The predicted octanol–water partition coefficient (Wildman–Crippen LogP) is 9.52. The number of nitrogens with zero attached hydrogens (tertiary/aromatic N) is 7. The standard InChI is InChI=1S/C57H61N9O6S/c1-34(64-29-31-65(32-30-64)46-14-7-12-42-51(62-63(3)53(42)46)43-24-26-50(67)60-55(43)69)17-18-36-19-21-38(22-20-36)72-47-15-8-10-39(35(47)2)40-23-25-49(59-52(40)56(70)71)66-28-27-37-9-6-11-41(44(37)33-66)54(68)61-57-58-45-13-4-5-16-48(45)73-57/h4-16,23,25,34,36,38,43H,17-22,24,26-33H2,1-3H3,(H,70,71)(H,58,61,68)(H,60,67,69)/t34-,36?,38?,43-/m0/s1. The Balaban J connectivity index is 0.680. The molecular formula is C57H61N9O6S. The lowest BCUT2D eigenvalue weighted by Crippen LogP contribution is -2.49. The number of nitrogens with one attached hydrogen (secondary N) is 2. The summed E-state index contributed by atoms with van der Waals surface area (Å²) in [6.07, 6.45) is 8.11. The number of pyridine rings is 1. The Labute approximate surface area is 428 Å². The molecule has 4 aliphatic rings. The van der Waals surface area contributed by atoms with Gasteiger partial charge in [-0.05, 0) is 136 Å². The number of piperidine rings is 1. The summed E-state index contributed by atoms with van der Waals surface area (Å²) in [5.74, 6) is -0.263. The van der Waals surface area contributed by atoms with Gasteiger partial charge in [0.2, 0.25) is 11.8 Å². The number of piperazine rings is 1. The zero-order chi connectivity index (χ0) is 50.3. The molecule has 3 fully saturated rings.